The highest BCUT2D eigenvalue weighted by Crippen LogP contribution is 2.37. The molecule has 1 aromatic carbocycles. The molecule has 0 aliphatic carbocycles. The lowest BCUT2D eigenvalue weighted by Gasteiger charge is -2.31. The summed E-state index contributed by atoms with van der Waals surface area (Å²) in [6.45, 7) is 6.27. The van der Waals surface area contributed by atoms with E-state index in [0.29, 0.717) is 0 Å². The standard InChI is InChI=1S/C15H18FNS/c1-10-4-9-13(18-10)14(17)15(2,3)11-5-7-12(16)8-6-11/h4-9,14H,17H2,1-3H3. The van der Waals surface area contributed by atoms with E-state index in [2.05, 4.69) is 32.9 Å². The fourth-order valence-corrected chi connectivity index (χ4v) is 3.10. The Kier molecular flexibility index (Phi) is 3.55. The number of hydrogen-bond acceptors (Lipinski definition) is 2. The third-order valence-corrected chi connectivity index (χ3v) is 4.52. The van der Waals surface area contributed by atoms with Gasteiger partial charge in [0.1, 0.15) is 5.82 Å². The van der Waals surface area contributed by atoms with Gasteiger partial charge in [-0.25, -0.2) is 4.39 Å². The minimum Gasteiger partial charge on any atom is -0.323 e. The van der Waals surface area contributed by atoms with Gasteiger partial charge in [-0.2, -0.15) is 0 Å². The molecule has 0 bridgehead atoms. The second-order valence-electron chi connectivity index (χ2n) is 5.15. The summed E-state index contributed by atoms with van der Waals surface area (Å²) in [5, 5.41) is 0. The summed E-state index contributed by atoms with van der Waals surface area (Å²) in [5.41, 5.74) is 7.21. The van der Waals surface area contributed by atoms with Crippen LogP contribution in [0.5, 0.6) is 0 Å². The first-order valence-electron chi connectivity index (χ1n) is 5.99. The number of hydrogen-bond donors (Lipinski definition) is 1. The molecule has 2 N–H and O–H groups in total. The van der Waals surface area contributed by atoms with Crippen molar-refractivity contribution in [3.63, 3.8) is 0 Å². The fraction of sp³-hybridized carbons (Fsp3) is 0.333. The van der Waals surface area contributed by atoms with Crippen molar-refractivity contribution in [3.05, 3.63) is 57.5 Å². The van der Waals surface area contributed by atoms with Crippen LogP contribution in [0.1, 0.15) is 35.2 Å². The van der Waals surface area contributed by atoms with Gasteiger partial charge in [0, 0.05) is 21.2 Å². The summed E-state index contributed by atoms with van der Waals surface area (Å²) in [6, 6.07) is 10.7. The van der Waals surface area contributed by atoms with E-state index in [0.717, 1.165) is 5.56 Å². The van der Waals surface area contributed by atoms with Crippen LogP contribution >= 0.6 is 11.3 Å². The fourth-order valence-electron chi connectivity index (χ4n) is 2.04. The van der Waals surface area contributed by atoms with Crippen molar-refractivity contribution >= 4 is 11.3 Å². The van der Waals surface area contributed by atoms with Crippen LogP contribution in [0.25, 0.3) is 0 Å². The van der Waals surface area contributed by atoms with Gasteiger partial charge in [-0.3, -0.25) is 0 Å². The molecule has 1 aromatic heterocycles. The van der Waals surface area contributed by atoms with Crippen molar-refractivity contribution in [3.8, 4) is 0 Å². The molecular formula is C15H18FNS. The van der Waals surface area contributed by atoms with Crippen molar-refractivity contribution in [2.45, 2.75) is 32.2 Å². The van der Waals surface area contributed by atoms with Crippen LogP contribution in [-0.2, 0) is 5.41 Å². The van der Waals surface area contributed by atoms with Crippen LogP contribution in [0.4, 0.5) is 4.39 Å². The first-order valence-corrected chi connectivity index (χ1v) is 6.81. The van der Waals surface area contributed by atoms with Gasteiger partial charge in [-0.05, 0) is 36.8 Å². The van der Waals surface area contributed by atoms with Gasteiger partial charge < -0.3 is 5.73 Å². The van der Waals surface area contributed by atoms with Crippen molar-refractivity contribution in [2.75, 3.05) is 0 Å². The van der Waals surface area contributed by atoms with E-state index >= 15 is 0 Å². The van der Waals surface area contributed by atoms with E-state index in [9.17, 15) is 4.39 Å². The Balaban J connectivity index is 2.32. The molecule has 1 heterocycles. The maximum atomic E-state index is 13.0. The summed E-state index contributed by atoms with van der Waals surface area (Å²) >= 11 is 1.72. The van der Waals surface area contributed by atoms with E-state index in [1.54, 1.807) is 11.3 Å². The summed E-state index contributed by atoms with van der Waals surface area (Å²) in [7, 11) is 0. The van der Waals surface area contributed by atoms with Gasteiger partial charge >= 0.3 is 0 Å². The Morgan fingerprint density at radius 3 is 2.22 bits per heavy atom. The largest absolute Gasteiger partial charge is 0.323 e. The molecule has 1 nitrogen and oxygen atoms in total. The summed E-state index contributed by atoms with van der Waals surface area (Å²) < 4.78 is 13.0. The molecule has 1 atom stereocenters. The second kappa shape index (κ2) is 4.82. The molecule has 18 heavy (non-hydrogen) atoms. The lowest BCUT2D eigenvalue weighted by atomic mass is 9.77. The molecule has 0 radical (unpaired) electrons. The predicted octanol–water partition coefficient (Wildman–Crippen LogP) is 4.17. The van der Waals surface area contributed by atoms with Gasteiger partial charge in [0.25, 0.3) is 0 Å². The Hall–Kier alpha value is -1.19. The minimum atomic E-state index is -0.217. The molecule has 0 spiro atoms. The van der Waals surface area contributed by atoms with Crippen LogP contribution in [0.2, 0.25) is 0 Å². The number of rotatable bonds is 3. The van der Waals surface area contributed by atoms with Crippen LogP contribution in [0, 0.1) is 12.7 Å². The lowest BCUT2D eigenvalue weighted by Crippen LogP contribution is -2.32. The van der Waals surface area contributed by atoms with Crippen LogP contribution in [0.3, 0.4) is 0 Å². The van der Waals surface area contributed by atoms with Gasteiger partial charge in [0.2, 0.25) is 0 Å². The van der Waals surface area contributed by atoms with Gasteiger partial charge in [0.15, 0.2) is 0 Å². The van der Waals surface area contributed by atoms with Crippen LogP contribution in [0.15, 0.2) is 36.4 Å². The quantitative estimate of drug-likeness (QED) is 0.883. The first kappa shape index (κ1) is 13.2. The molecule has 2 rings (SSSR count). The molecular weight excluding hydrogens is 245 g/mol. The number of thiophene rings is 1. The van der Waals surface area contributed by atoms with Crippen molar-refractivity contribution in [1.82, 2.24) is 0 Å². The SMILES string of the molecule is Cc1ccc(C(N)C(C)(C)c2ccc(F)cc2)s1. The van der Waals surface area contributed by atoms with Crippen LogP contribution in [-0.4, -0.2) is 0 Å². The highest BCUT2D eigenvalue weighted by molar-refractivity contribution is 7.12. The van der Waals surface area contributed by atoms with Crippen molar-refractivity contribution in [2.24, 2.45) is 5.73 Å². The normalized spacial score (nSPS) is 13.6. The van der Waals surface area contributed by atoms with E-state index in [1.165, 1.54) is 21.9 Å². The molecule has 0 aliphatic rings. The monoisotopic (exact) mass is 263 g/mol. The lowest BCUT2D eigenvalue weighted by molar-refractivity contribution is 0.425. The third kappa shape index (κ3) is 2.47. The maximum absolute atomic E-state index is 13.0. The number of benzene rings is 1. The summed E-state index contributed by atoms with van der Waals surface area (Å²) in [6.07, 6.45) is 0. The van der Waals surface area contributed by atoms with Crippen LogP contribution < -0.4 is 5.73 Å². The highest BCUT2D eigenvalue weighted by Gasteiger charge is 2.30. The predicted molar refractivity (Wildman–Crippen MR) is 75.4 cm³/mol. The molecule has 0 amide bonds. The zero-order valence-electron chi connectivity index (χ0n) is 10.9. The van der Waals surface area contributed by atoms with Crippen molar-refractivity contribution in [1.29, 1.82) is 0 Å². The smallest absolute Gasteiger partial charge is 0.123 e. The average molecular weight is 263 g/mol. The third-order valence-electron chi connectivity index (χ3n) is 3.43. The zero-order chi connectivity index (χ0) is 13.3. The van der Waals surface area contributed by atoms with E-state index in [1.807, 2.05) is 12.1 Å². The Morgan fingerprint density at radius 2 is 1.72 bits per heavy atom. The van der Waals surface area contributed by atoms with E-state index < -0.39 is 0 Å². The van der Waals surface area contributed by atoms with Crippen molar-refractivity contribution < 1.29 is 4.39 Å². The topological polar surface area (TPSA) is 26.0 Å². The Labute approximate surface area is 111 Å². The van der Waals surface area contributed by atoms with Gasteiger partial charge in [-0.15, -0.1) is 11.3 Å². The molecule has 96 valence electrons. The Bertz CT molecular complexity index is 528. The number of aryl methyl sites for hydroxylation is 1. The summed E-state index contributed by atoms with van der Waals surface area (Å²) in [5.74, 6) is -0.213. The first-order chi connectivity index (χ1) is 8.41. The highest BCUT2D eigenvalue weighted by atomic mass is 32.1. The van der Waals surface area contributed by atoms with Gasteiger partial charge in [-0.1, -0.05) is 26.0 Å². The summed E-state index contributed by atoms with van der Waals surface area (Å²) in [4.78, 5) is 2.43. The molecule has 0 saturated heterocycles. The minimum absolute atomic E-state index is 0.0818. The average Bonchev–Trinajstić information content (AvgIpc) is 2.75. The zero-order valence-corrected chi connectivity index (χ0v) is 11.7. The van der Waals surface area contributed by atoms with Gasteiger partial charge in [0.05, 0.1) is 0 Å². The molecule has 0 saturated carbocycles. The number of nitrogens with two attached hydrogens (primary N) is 1. The molecule has 0 aliphatic heterocycles. The van der Waals surface area contributed by atoms with E-state index in [4.69, 9.17) is 5.73 Å². The molecule has 2 aromatic rings. The Morgan fingerprint density at radius 1 is 1.11 bits per heavy atom. The molecule has 3 heteroatoms. The van der Waals surface area contributed by atoms with E-state index in [-0.39, 0.29) is 17.3 Å². The molecule has 1 unspecified atom stereocenters. The maximum Gasteiger partial charge on any atom is 0.123 e. The molecule has 0 fully saturated rings. The second-order valence-corrected chi connectivity index (χ2v) is 6.47. The number of halogens is 1.